The minimum Gasteiger partial charge on any atom is -0.461 e. The highest BCUT2D eigenvalue weighted by Crippen LogP contribution is 2.51. The third kappa shape index (κ3) is 19.4. The van der Waals surface area contributed by atoms with Gasteiger partial charge in [-0.05, 0) is 95.1 Å². The van der Waals surface area contributed by atoms with Gasteiger partial charge < -0.3 is 31.9 Å². The molecule has 404 valence electrons. The van der Waals surface area contributed by atoms with Gasteiger partial charge in [0.15, 0.2) is 0 Å². The van der Waals surface area contributed by atoms with Crippen LogP contribution in [0.4, 0.5) is 0 Å². The quantitative estimate of drug-likeness (QED) is 0.00793. The van der Waals surface area contributed by atoms with Crippen LogP contribution in [0.3, 0.4) is 0 Å². The Balaban J connectivity index is 0.000000322. The third-order valence-corrected chi connectivity index (χ3v) is 16.7. The Bertz CT molecular complexity index is 3000. The molecule has 0 saturated heterocycles. The highest BCUT2D eigenvalue weighted by atomic mass is 31.2. The van der Waals surface area contributed by atoms with Gasteiger partial charge >= 0.3 is 21.5 Å². The largest absolute Gasteiger partial charge is 0.513 e. The van der Waals surface area contributed by atoms with Crippen molar-refractivity contribution >= 4 is 36.2 Å². The summed E-state index contributed by atoms with van der Waals surface area (Å²) < 4.78 is 90.8. The SMILES string of the molecule is C=CCOOCCNP(=O)(Oc1ccccc1)Oc1ccc(-c2ccc(OP(=O)(NCCOC(=O)C=C)Oc3ccccc3)cc2)cc1.C=CP(=O)(C=C)Oc1ccc(C(C)(C)c2ccc(OP(=O)(C=C)C=C)cc2)cc1. The van der Waals surface area contributed by atoms with E-state index in [2.05, 4.69) is 63.5 Å². The fraction of sp³-hybridized carbons (Fsp3) is 0.140. The summed E-state index contributed by atoms with van der Waals surface area (Å²) in [7, 11) is -13.9. The number of carbonyl (C=O) groups is 1. The molecule has 6 rings (SSSR count). The predicted octanol–water partition coefficient (Wildman–Crippen LogP) is 15.4. The Hall–Kier alpha value is -7.21. The molecule has 2 unspecified atom stereocenters. The summed E-state index contributed by atoms with van der Waals surface area (Å²) in [6.45, 7) is 25.6. The molecule has 6 aromatic carbocycles. The summed E-state index contributed by atoms with van der Waals surface area (Å²) in [5.41, 5.74) is 3.43. The van der Waals surface area contributed by atoms with Crippen LogP contribution in [0.2, 0.25) is 0 Å². The third-order valence-electron chi connectivity index (χ3n) is 10.7. The average molecular weight is 1120 g/mol. The lowest BCUT2D eigenvalue weighted by Gasteiger charge is -2.27. The van der Waals surface area contributed by atoms with Gasteiger partial charge in [0.25, 0.3) is 14.7 Å². The summed E-state index contributed by atoms with van der Waals surface area (Å²) >= 11 is 0. The van der Waals surface area contributed by atoms with Crippen LogP contribution < -0.4 is 37.3 Å². The number of esters is 1. The topological polar surface area (TPSA) is 192 Å². The molecule has 0 amide bonds. The van der Waals surface area contributed by atoms with E-state index in [1.165, 1.54) is 23.3 Å². The second-order valence-electron chi connectivity index (χ2n) is 16.5. The molecule has 0 saturated carbocycles. The molecule has 0 radical (unpaired) electrons. The van der Waals surface area contributed by atoms with Crippen LogP contribution in [0.15, 0.2) is 233 Å². The van der Waals surface area contributed by atoms with Crippen LogP contribution in [-0.4, -0.2) is 38.9 Å². The molecule has 20 heteroatoms. The lowest BCUT2D eigenvalue weighted by molar-refractivity contribution is -0.284. The van der Waals surface area contributed by atoms with Crippen molar-refractivity contribution in [2.45, 2.75) is 19.3 Å². The number of benzene rings is 6. The first kappa shape index (κ1) is 60.7. The highest BCUT2D eigenvalue weighted by molar-refractivity contribution is 7.66. The fourth-order valence-corrected chi connectivity index (χ4v) is 10.7. The minimum atomic E-state index is -3.93. The van der Waals surface area contributed by atoms with Gasteiger partial charge in [-0.3, -0.25) is 9.13 Å². The van der Waals surface area contributed by atoms with Gasteiger partial charge in [-0.1, -0.05) is 138 Å². The standard InChI is InChI=1S/C34H36N2O10P2.C23H26O4P2/c1-3-25-41-42-27-24-36-48(39,44-31-13-9-6-10-14-31)46-33-21-17-29(18-22-33)28-15-19-32(20-16-28)45-47(38,35-23-26-40-34(37)4-2)43-30-11-7-5-8-12-30;1-7-28(24,8-2)26-21-15-11-19(12-16-21)23(5,6)20-13-17-22(18-14-20)27-29(25,9-3)10-4/h3-22H,1-2,23-27H2,(H,35,38)(H,36,39);7-18H,1-4H2,5-6H3. The molecule has 77 heavy (non-hydrogen) atoms. The molecule has 2 atom stereocenters. The zero-order valence-electron chi connectivity index (χ0n) is 42.8. The van der Waals surface area contributed by atoms with Crippen molar-refractivity contribution in [1.82, 2.24) is 10.2 Å². The summed E-state index contributed by atoms with van der Waals surface area (Å²) in [6.07, 6.45) is 2.58. The molecular weight excluding hydrogens is 1060 g/mol. The average Bonchev–Trinajstić information content (AvgIpc) is 3.44. The maximum Gasteiger partial charge on any atom is 0.513 e. The number of rotatable bonds is 31. The van der Waals surface area contributed by atoms with Crippen molar-refractivity contribution < 1.29 is 64.7 Å². The van der Waals surface area contributed by atoms with Crippen molar-refractivity contribution in [1.29, 1.82) is 0 Å². The van der Waals surface area contributed by atoms with E-state index in [4.69, 9.17) is 41.7 Å². The molecular formula is C57H62N2O14P4. The maximum absolute atomic E-state index is 13.6. The number of hydrogen-bond acceptors (Lipinski definition) is 14. The van der Waals surface area contributed by atoms with Crippen LogP contribution in [-0.2, 0) is 43.0 Å². The molecule has 0 spiro atoms. The summed E-state index contributed by atoms with van der Waals surface area (Å²) in [6, 6.07) is 45.8. The van der Waals surface area contributed by atoms with Crippen LogP contribution >= 0.6 is 30.2 Å². The van der Waals surface area contributed by atoms with Crippen molar-refractivity contribution in [3.05, 3.63) is 244 Å². The van der Waals surface area contributed by atoms with Gasteiger partial charge in [0.1, 0.15) is 47.7 Å². The van der Waals surface area contributed by atoms with Gasteiger partial charge in [0.05, 0.1) is 6.61 Å². The zero-order chi connectivity index (χ0) is 55.8. The van der Waals surface area contributed by atoms with Gasteiger partial charge in [-0.2, -0.15) is 10.2 Å². The van der Waals surface area contributed by atoms with E-state index in [0.29, 0.717) is 28.7 Å². The van der Waals surface area contributed by atoms with E-state index >= 15 is 0 Å². The summed E-state index contributed by atoms with van der Waals surface area (Å²) in [4.78, 5) is 21.3. The maximum atomic E-state index is 13.6. The number of nitrogens with one attached hydrogen (secondary N) is 2. The van der Waals surface area contributed by atoms with Crippen molar-refractivity contribution in [2.75, 3.05) is 32.9 Å². The van der Waals surface area contributed by atoms with E-state index in [1.54, 1.807) is 133 Å². The Labute approximate surface area is 450 Å². The van der Waals surface area contributed by atoms with Crippen LogP contribution in [0.5, 0.6) is 34.5 Å². The zero-order valence-corrected chi connectivity index (χ0v) is 46.3. The number of hydrogen-bond donors (Lipinski definition) is 2. The van der Waals surface area contributed by atoms with E-state index in [-0.39, 0.29) is 44.1 Å². The number of ether oxygens (including phenoxy) is 1. The first-order chi connectivity index (χ1) is 36.9. The van der Waals surface area contributed by atoms with Crippen molar-refractivity contribution in [3.63, 3.8) is 0 Å². The molecule has 0 aliphatic carbocycles. The molecule has 0 aliphatic heterocycles. The number of carbonyl (C=O) groups excluding carboxylic acids is 1. The van der Waals surface area contributed by atoms with Crippen molar-refractivity contribution in [2.24, 2.45) is 0 Å². The molecule has 0 fully saturated rings. The fourth-order valence-electron chi connectivity index (χ4n) is 6.53. The first-order valence-corrected chi connectivity index (χ1v) is 30.3. The predicted molar refractivity (Wildman–Crippen MR) is 304 cm³/mol. The lowest BCUT2D eigenvalue weighted by atomic mass is 9.78. The van der Waals surface area contributed by atoms with Crippen molar-refractivity contribution in [3.8, 4) is 45.6 Å². The Morgan fingerprint density at radius 2 is 0.792 bits per heavy atom. The second-order valence-corrected chi connectivity index (χ2v) is 24.3. The van der Waals surface area contributed by atoms with Crippen LogP contribution in [0, 0.1) is 0 Å². The molecule has 2 N–H and O–H groups in total. The van der Waals surface area contributed by atoms with Gasteiger partial charge in [-0.15, -0.1) is 6.58 Å². The monoisotopic (exact) mass is 1120 g/mol. The van der Waals surface area contributed by atoms with Gasteiger partial charge in [-0.25, -0.2) is 23.7 Å². The summed E-state index contributed by atoms with van der Waals surface area (Å²) in [5, 5.41) is 5.50. The van der Waals surface area contributed by atoms with E-state index in [0.717, 1.165) is 28.3 Å². The number of para-hydroxylation sites is 2. The minimum absolute atomic E-state index is 0.00691. The van der Waals surface area contributed by atoms with Crippen LogP contribution in [0.1, 0.15) is 25.0 Å². The normalized spacial score (nSPS) is 12.8. The Morgan fingerprint density at radius 3 is 1.14 bits per heavy atom. The first-order valence-electron chi connectivity index (χ1n) is 23.7. The van der Waals surface area contributed by atoms with Crippen LogP contribution in [0.25, 0.3) is 11.1 Å². The molecule has 6 aromatic rings. The molecule has 0 aliphatic rings. The Morgan fingerprint density at radius 1 is 0.455 bits per heavy atom. The van der Waals surface area contributed by atoms with Gasteiger partial charge in [0.2, 0.25) is 0 Å². The lowest BCUT2D eigenvalue weighted by Crippen LogP contribution is -2.23. The highest BCUT2D eigenvalue weighted by Gasteiger charge is 2.30. The van der Waals surface area contributed by atoms with E-state index in [9.17, 15) is 23.1 Å². The molecule has 16 nitrogen and oxygen atoms in total. The summed E-state index contributed by atoms with van der Waals surface area (Å²) in [5.74, 6) is 6.75. The Kier molecular flexibility index (Phi) is 23.1. The molecule has 0 bridgehead atoms. The van der Waals surface area contributed by atoms with Gasteiger partial charge in [0, 0.05) is 47.8 Å². The molecule has 0 heterocycles. The molecule has 0 aromatic heterocycles. The second kappa shape index (κ2) is 29.3. The smallest absolute Gasteiger partial charge is 0.461 e. The van der Waals surface area contributed by atoms with E-state index < -0.39 is 36.2 Å². The van der Waals surface area contributed by atoms with E-state index in [1.807, 2.05) is 30.3 Å².